The van der Waals surface area contributed by atoms with Crippen LogP contribution in [0.4, 0.5) is 0 Å². The van der Waals surface area contributed by atoms with E-state index in [4.69, 9.17) is 0 Å². The Morgan fingerprint density at radius 2 is 2.00 bits per heavy atom. The Kier molecular flexibility index (Phi) is 2.67. The molecule has 0 radical (unpaired) electrons. The van der Waals surface area contributed by atoms with E-state index in [9.17, 15) is 5.11 Å². The van der Waals surface area contributed by atoms with Crippen LogP contribution in [0.1, 0.15) is 51.2 Å². The first-order chi connectivity index (χ1) is 8.78. The van der Waals surface area contributed by atoms with Crippen molar-refractivity contribution >= 4 is 0 Å². The zero-order valence-corrected chi connectivity index (χ0v) is 12.7. The summed E-state index contributed by atoms with van der Waals surface area (Å²) in [7, 11) is 0. The quantitative estimate of drug-likeness (QED) is 0.846. The number of benzene rings is 1. The van der Waals surface area contributed by atoms with Crippen LogP contribution in [0.25, 0.3) is 0 Å². The summed E-state index contributed by atoms with van der Waals surface area (Å²) in [5, 5.41) is 11.5. The summed E-state index contributed by atoms with van der Waals surface area (Å²) in [5.74, 6) is 0.687. The first kappa shape index (κ1) is 13.2. The van der Waals surface area contributed by atoms with Crippen LogP contribution < -0.4 is 0 Å². The van der Waals surface area contributed by atoms with Gasteiger partial charge in [-0.2, -0.15) is 0 Å². The van der Waals surface area contributed by atoms with E-state index in [1.807, 2.05) is 0 Å². The highest BCUT2D eigenvalue weighted by Crippen LogP contribution is 2.68. The number of hydrogen-bond acceptors (Lipinski definition) is 1. The molecule has 3 rings (SSSR count). The molecule has 1 heteroatoms. The molecule has 0 spiro atoms. The Balaban J connectivity index is 1.98. The lowest BCUT2D eigenvalue weighted by Gasteiger charge is -2.51. The Morgan fingerprint density at radius 3 is 2.58 bits per heavy atom. The van der Waals surface area contributed by atoms with Crippen LogP contribution in [0.5, 0.6) is 0 Å². The highest BCUT2D eigenvalue weighted by atomic mass is 16.3. The van der Waals surface area contributed by atoms with Gasteiger partial charge >= 0.3 is 0 Å². The Bertz CT molecular complexity index is 497. The van der Waals surface area contributed by atoms with Crippen molar-refractivity contribution in [3.05, 3.63) is 35.4 Å². The molecule has 1 aromatic rings. The SMILES string of the molecule is Cc1cccc(CC2(O)C3(C)CCC(C3)C2(C)C)c1. The van der Waals surface area contributed by atoms with E-state index >= 15 is 0 Å². The van der Waals surface area contributed by atoms with Gasteiger partial charge in [0.2, 0.25) is 0 Å². The van der Waals surface area contributed by atoms with E-state index < -0.39 is 5.60 Å². The number of rotatable bonds is 2. The number of aryl methyl sites for hydroxylation is 1. The van der Waals surface area contributed by atoms with Crippen molar-refractivity contribution in [1.82, 2.24) is 0 Å². The van der Waals surface area contributed by atoms with Crippen molar-refractivity contribution in [3.8, 4) is 0 Å². The minimum atomic E-state index is -0.559. The molecule has 2 aliphatic carbocycles. The van der Waals surface area contributed by atoms with Gasteiger partial charge in [0.05, 0.1) is 5.60 Å². The van der Waals surface area contributed by atoms with Crippen molar-refractivity contribution in [2.24, 2.45) is 16.7 Å². The minimum absolute atomic E-state index is 0.0315. The number of aliphatic hydroxyl groups is 1. The maximum absolute atomic E-state index is 11.5. The molecular formula is C18H26O. The Labute approximate surface area is 117 Å². The molecule has 2 saturated carbocycles. The molecule has 0 aromatic heterocycles. The second-order valence-electron chi connectivity index (χ2n) is 7.75. The molecule has 2 aliphatic rings. The third kappa shape index (κ3) is 1.64. The van der Waals surface area contributed by atoms with Crippen molar-refractivity contribution in [1.29, 1.82) is 0 Å². The molecule has 2 fully saturated rings. The van der Waals surface area contributed by atoms with Crippen LogP contribution in [0.15, 0.2) is 24.3 Å². The summed E-state index contributed by atoms with van der Waals surface area (Å²) >= 11 is 0. The molecule has 0 amide bonds. The van der Waals surface area contributed by atoms with Gasteiger partial charge in [-0.05, 0) is 48.5 Å². The molecular weight excluding hydrogens is 232 g/mol. The van der Waals surface area contributed by atoms with Gasteiger partial charge in [0.25, 0.3) is 0 Å². The molecule has 0 aliphatic heterocycles. The van der Waals surface area contributed by atoms with Gasteiger partial charge in [0.15, 0.2) is 0 Å². The molecule has 1 aromatic carbocycles. The summed E-state index contributed by atoms with van der Waals surface area (Å²) in [6.45, 7) is 8.98. The van der Waals surface area contributed by atoms with Crippen LogP contribution in [0.3, 0.4) is 0 Å². The first-order valence-corrected chi connectivity index (χ1v) is 7.56. The molecule has 3 unspecified atom stereocenters. The smallest absolute Gasteiger partial charge is 0.0794 e. The molecule has 1 N–H and O–H groups in total. The zero-order chi connectivity index (χ0) is 13.9. The second-order valence-corrected chi connectivity index (χ2v) is 7.75. The third-order valence-electron chi connectivity index (χ3n) is 6.37. The third-order valence-corrected chi connectivity index (χ3v) is 6.37. The highest BCUT2D eigenvalue weighted by Gasteiger charge is 2.67. The van der Waals surface area contributed by atoms with E-state index in [1.165, 1.54) is 30.4 Å². The fourth-order valence-corrected chi connectivity index (χ4v) is 4.91. The van der Waals surface area contributed by atoms with Gasteiger partial charge in [-0.25, -0.2) is 0 Å². The maximum atomic E-state index is 11.5. The zero-order valence-electron chi connectivity index (χ0n) is 12.7. The number of hydrogen-bond donors (Lipinski definition) is 1. The second kappa shape index (κ2) is 3.85. The minimum Gasteiger partial charge on any atom is -0.388 e. The van der Waals surface area contributed by atoms with Crippen molar-refractivity contribution in [3.63, 3.8) is 0 Å². The normalized spacial score (nSPS) is 39.7. The molecule has 104 valence electrons. The highest BCUT2D eigenvalue weighted by molar-refractivity contribution is 5.28. The van der Waals surface area contributed by atoms with Crippen LogP contribution in [-0.2, 0) is 6.42 Å². The van der Waals surface area contributed by atoms with Gasteiger partial charge < -0.3 is 5.11 Å². The molecule has 0 saturated heterocycles. The fraction of sp³-hybridized carbons (Fsp3) is 0.667. The summed E-state index contributed by atoms with van der Waals surface area (Å²) in [5.41, 5.74) is 2.14. The standard InChI is InChI=1S/C18H26O/c1-13-6-5-7-14(10-13)11-18(19)16(2,3)15-8-9-17(18,4)12-15/h5-7,10,15,19H,8-9,11-12H2,1-4H3. The van der Waals surface area contributed by atoms with Crippen molar-refractivity contribution in [2.45, 2.75) is 59.0 Å². The van der Waals surface area contributed by atoms with Gasteiger partial charge in [-0.1, -0.05) is 50.6 Å². The summed E-state index contributed by atoms with van der Waals surface area (Å²) in [6.07, 6.45) is 4.47. The monoisotopic (exact) mass is 258 g/mol. The molecule has 19 heavy (non-hydrogen) atoms. The average Bonchev–Trinajstić information content (AvgIpc) is 2.78. The predicted molar refractivity (Wildman–Crippen MR) is 79.1 cm³/mol. The van der Waals surface area contributed by atoms with Gasteiger partial charge in [-0.15, -0.1) is 0 Å². The van der Waals surface area contributed by atoms with Gasteiger partial charge in [-0.3, -0.25) is 0 Å². The Morgan fingerprint density at radius 1 is 1.26 bits per heavy atom. The topological polar surface area (TPSA) is 20.2 Å². The van der Waals surface area contributed by atoms with Crippen molar-refractivity contribution in [2.75, 3.05) is 0 Å². The molecule has 3 atom stereocenters. The maximum Gasteiger partial charge on any atom is 0.0794 e. The first-order valence-electron chi connectivity index (χ1n) is 7.56. The lowest BCUT2D eigenvalue weighted by atomic mass is 9.58. The molecule has 2 bridgehead atoms. The van der Waals surface area contributed by atoms with Crippen LogP contribution in [0, 0.1) is 23.7 Å². The van der Waals surface area contributed by atoms with Crippen molar-refractivity contribution < 1.29 is 5.11 Å². The summed E-state index contributed by atoms with van der Waals surface area (Å²) in [4.78, 5) is 0. The molecule has 0 heterocycles. The lowest BCUT2D eigenvalue weighted by molar-refractivity contribution is -0.141. The summed E-state index contributed by atoms with van der Waals surface area (Å²) in [6, 6.07) is 8.62. The van der Waals surface area contributed by atoms with E-state index in [2.05, 4.69) is 52.0 Å². The number of fused-ring (bicyclic) bond motifs is 2. The Hall–Kier alpha value is -0.820. The van der Waals surface area contributed by atoms with Gasteiger partial charge in [0.1, 0.15) is 0 Å². The largest absolute Gasteiger partial charge is 0.388 e. The van der Waals surface area contributed by atoms with Crippen LogP contribution in [0.2, 0.25) is 0 Å². The molecule has 1 nitrogen and oxygen atoms in total. The average molecular weight is 258 g/mol. The van der Waals surface area contributed by atoms with Crippen LogP contribution >= 0.6 is 0 Å². The van der Waals surface area contributed by atoms with Crippen LogP contribution in [-0.4, -0.2) is 10.7 Å². The van der Waals surface area contributed by atoms with E-state index in [0.29, 0.717) is 5.92 Å². The fourth-order valence-electron chi connectivity index (χ4n) is 4.91. The van der Waals surface area contributed by atoms with E-state index in [-0.39, 0.29) is 10.8 Å². The van der Waals surface area contributed by atoms with E-state index in [0.717, 1.165) is 6.42 Å². The lowest BCUT2D eigenvalue weighted by Crippen LogP contribution is -2.55. The van der Waals surface area contributed by atoms with E-state index in [1.54, 1.807) is 0 Å². The predicted octanol–water partition coefficient (Wildman–Crippen LogP) is 4.11. The van der Waals surface area contributed by atoms with Gasteiger partial charge in [0, 0.05) is 6.42 Å². The summed E-state index contributed by atoms with van der Waals surface area (Å²) < 4.78 is 0.